The van der Waals surface area contributed by atoms with Crippen LogP contribution in [-0.2, 0) is 0 Å². The highest BCUT2D eigenvalue weighted by Crippen LogP contribution is 2.33. The molecule has 2 heterocycles. The largest absolute Gasteiger partial charge is 0.397 e. The number of fused-ring (bicyclic) bond motifs is 1. The molecule has 6 nitrogen and oxygen atoms in total. The number of hydrogen-bond donors (Lipinski definition) is 2. The first kappa shape index (κ1) is 14.9. The first-order valence-electron chi connectivity index (χ1n) is 6.52. The zero-order valence-corrected chi connectivity index (χ0v) is 11.9. The Morgan fingerprint density at radius 3 is 2.65 bits per heavy atom. The molecule has 3 N–H and O–H groups in total. The van der Waals surface area contributed by atoms with Crippen LogP contribution in [0.1, 0.15) is 17.7 Å². The van der Waals surface area contributed by atoms with Gasteiger partial charge in [0.25, 0.3) is 6.43 Å². The SMILES string of the molecule is Cc1cn2nc(-c3cc(N)c(N=N)c(F)c3)cc(C(F)F)c2n1. The van der Waals surface area contributed by atoms with Crippen molar-refractivity contribution < 1.29 is 13.2 Å². The van der Waals surface area contributed by atoms with Crippen LogP contribution in [0.2, 0.25) is 0 Å². The van der Waals surface area contributed by atoms with Crippen LogP contribution < -0.4 is 5.73 Å². The second-order valence-electron chi connectivity index (χ2n) is 4.94. The molecule has 0 amide bonds. The summed E-state index contributed by atoms with van der Waals surface area (Å²) in [5.74, 6) is -0.822. The van der Waals surface area contributed by atoms with Crippen molar-refractivity contribution in [2.75, 3.05) is 5.73 Å². The topological polar surface area (TPSA) is 92.4 Å². The smallest absolute Gasteiger partial charge is 0.267 e. The zero-order chi connectivity index (χ0) is 16.7. The number of nitrogen functional groups attached to an aromatic ring is 1. The standard InChI is InChI=1S/C14H11F3N6/c1-6-5-23-14(20-6)8(13(16)17)4-11(22-23)7-2-9(15)12(21-19)10(18)3-7/h2-5,13,19H,18H2,1H3. The third kappa shape index (κ3) is 2.50. The Bertz CT molecular complexity index is 895. The van der Waals surface area contributed by atoms with Gasteiger partial charge in [0, 0.05) is 5.56 Å². The lowest BCUT2D eigenvalue weighted by Crippen LogP contribution is -2.00. The van der Waals surface area contributed by atoms with Crippen LogP contribution in [-0.4, -0.2) is 14.6 Å². The summed E-state index contributed by atoms with van der Waals surface area (Å²) < 4.78 is 41.6. The summed E-state index contributed by atoms with van der Waals surface area (Å²) in [5.41, 5.74) is 12.7. The van der Waals surface area contributed by atoms with Crippen molar-refractivity contribution in [2.45, 2.75) is 13.3 Å². The molecule has 0 bridgehead atoms. The van der Waals surface area contributed by atoms with E-state index in [1.165, 1.54) is 16.8 Å². The Morgan fingerprint density at radius 1 is 1.30 bits per heavy atom. The number of halogens is 3. The van der Waals surface area contributed by atoms with E-state index in [9.17, 15) is 13.2 Å². The van der Waals surface area contributed by atoms with E-state index in [2.05, 4.69) is 15.2 Å². The van der Waals surface area contributed by atoms with Gasteiger partial charge in [-0.05, 0) is 25.1 Å². The molecule has 0 unspecified atom stereocenters. The van der Waals surface area contributed by atoms with E-state index < -0.39 is 12.2 Å². The van der Waals surface area contributed by atoms with Gasteiger partial charge in [-0.3, -0.25) is 0 Å². The lowest BCUT2D eigenvalue weighted by molar-refractivity contribution is 0.152. The summed E-state index contributed by atoms with van der Waals surface area (Å²) in [7, 11) is 0. The van der Waals surface area contributed by atoms with Crippen molar-refractivity contribution in [3.05, 3.63) is 41.5 Å². The number of nitrogens with zero attached hydrogens (tertiary/aromatic N) is 4. The maximum atomic E-state index is 13.9. The van der Waals surface area contributed by atoms with Gasteiger partial charge in [-0.1, -0.05) is 0 Å². The Morgan fingerprint density at radius 2 is 2.04 bits per heavy atom. The van der Waals surface area contributed by atoms with Gasteiger partial charge < -0.3 is 5.73 Å². The summed E-state index contributed by atoms with van der Waals surface area (Å²) in [5, 5.41) is 7.17. The summed E-state index contributed by atoms with van der Waals surface area (Å²) in [6.45, 7) is 1.66. The van der Waals surface area contributed by atoms with Gasteiger partial charge in [0.2, 0.25) is 0 Å². The molecule has 0 saturated heterocycles. The van der Waals surface area contributed by atoms with E-state index in [4.69, 9.17) is 11.3 Å². The van der Waals surface area contributed by atoms with Gasteiger partial charge in [0.1, 0.15) is 5.69 Å². The van der Waals surface area contributed by atoms with Crippen LogP contribution >= 0.6 is 0 Å². The molecule has 3 aromatic rings. The first-order chi connectivity index (χ1) is 10.9. The van der Waals surface area contributed by atoms with Crippen molar-refractivity contribution in [1.29, 1.82) is 5.53 Å². The van der Waals surface area contributed by atoms with Gasteiger partial charge in [0.15, 0.2) is 11.5 Å². The number of rotatable bonds is 3. The van der Waals surface area contributed by atoms with E-state index in [-0.39, 0.29) is 33.8 Å². The van der Waals surface area contributed by atoms with Crippen molar-refractivity contribution >= 4 is 17.0 Å². The summed E-state index contributed by atoms with van der Waals surface area (Å²) in [4.78, 5) is 4.01. The average Bonchev–Trinajstić information content (AvgIpc) is 2.85. The third-order valence-electron chi connectivity index (χ3n) is 3.31. The third-order valence-corrected chi connectivity index (χ3v) is 3.31. The van der Waals surface area contributed by atoms with Crippen LogP contribution in [0.3, 0.4) is 0 Å². The molecule has 1 aromatic carbocycles. The second-order valence-corrected chi connectivity index (χ2v) is 4.94. The van der Waals surface area contributed by atoms with Gasteiger partial charge in [-0.25, -0.2) is 28.2 Å². The fraction of sp³-hybridized carbons (Fsp3) is 0.143. The molecule has 0 radical (unpaired) electrons. The fourth-order valence-electron chi connectivity index (χ4n) is 2.30. The molecular weight excluding hydrogens is 309 g/mol. The summed E-state index contributed by atoms with van der Waals surface area (Å²) in [6, 6.07) is 3.54. The predicted octanol–water partition coefficient (Wildman–Crippen LogP) is 4.03. The maximum Gasteiger partial charge on any atom is 0.267 e. The molecule has 0 aliphatic rings. The van der Waals surface area contributed by atoms with Crippen molar-refractivity contribution in [3.8, 4) is 11.3 Å². The van der Waals surface area contributed by atoms with Crippen LogP contribution in [0.5, 0.6) is 0 Å². The Balaban J connectivity index is 2.26. The minimum Gasteiger partial charge on any atom is -0.397 e. The normalized spacial score (nSPS) is 11.3. The van der Waals surface area contributed by atoms with Gasteiger partial charge in [-0.2, -0.15) is 10.2 Å². The van der Waals surface area contributed by atoms with Crippen LogP contribution in [0.4, 0.5) is 24.5 Å². The number of nitrogens with one attached hydrogen (secondary N) is 1. The monoisotopic (exact) mass is 320 g/mol. The van der Waals surface area contributed by atoms with E-state index in [1.54, 1.807) is 6.92 Å². The molecule has 0 atom stereocenters. The van der Waals surface area contributed by atoms with E-state index >= 15 is 0 Å². The summed E-state index contributed by atoms with van der Waals surface area (Å²) >= 11 is 0. The Labute approximate surface area is 128 Å². The van der Waals surface area contributed by atoms with Crippen LogP contribution in [0, 0.1) is 18.3 Å². The predicted molar refractivity (Wildman–Crippen MR) is 77.3 cm³/mol. The first-order valence-corrected chi connectivity index (χ1v) is 6.52. The highest BCUT2D eigenvalue weighted by Gasteiger charge is 2.18. The minimum atomic E-state index is -2.76. The lowest BCUT2D eigenvalue weighted by atomic mass is 10.1. The van der Waals surface area contributed by atoms with Crippen LogP contribution in [0.25, 0.3) is 16.9 Å². The van der Waals surface area contributed by atoms with Gasteiger partial charge >= 0.3 is 0 Å². The Hall–Kier alpha value is -2.97. The number of hydrogen-bond acceptors (Lipinski definition) is 5. The molecule has 0 aliphatic heterocycles. The fourth-order valence-corrected chi connectivity index (χ4v) is 2.30. The number of aromatic nitrogens is 3. The van der Waals surface area contributed by atoms with E-state index in [1.807, 2.05) is 0 Å². The van der Waals surface area contributed by atoms with Gasteiger partial charge in [0.05, 0.1) is 28.8 Å². The number of anilines is 1. The van der Waals surface area contributed by atoms with E-state index in [0.29, 0.717) is 5.69 Å². The quantitative estimate of drug-likeness (QED) is 0.563. The number of nitrogens with two attached hydrogens (primary N) is 1. The lowest BCUT2D eigenvalue weighted by Gasteiger charge is -2.09. The van der Waals surface area contributed by atoms with Gasteiger partial charge in [-0.15, -0.1) is 0 Å². The number of alkyl halides is 2. The van der Waals surface area contributed by atoms with Crippen molar-refractivity contribution in [2.24, 2.45) is 5.11 Å². The average molecular weight is 320 g/mol. The number of imidazole rings is 1. The molecule has 0 fully saturated rings. The Kier molecular flexibility index (Phi) is 3.47. The molecule has 0 spiro atoms. The second kappa shape index (κ2) is 5.34. The number of aryl methyl sites for hydroxylation is 1. The maximum absolute atomic E-state index is 13.9. The van der Waals surface area contributed by atoms with E-state index in [0.717, 1.165) is 12.1 Å². The summed E-state index contributed by atoms with van der Waals surface area (Å²) in [6.07, 6.45) is -1.26. The van der Waals surface area contributed by atoms with Crippen molar-refractivity contribution in [3.63, 3.8) is 0 Å². The molecule has 23 heavy (non-hydrogen) atoms. The molecule has 9 heteroatoms. The molecule has 0 saturated carbocycles. The highest BCUT2D eigenvalue weighted by molar-refractivity contribution is 5.74. The molecule has 3 rings (SSSR count). The molecule has 0 aliphatic carbocycles. The molecule has 118 valence electrons. The minimum absolute atomic E-state index is 0.0486. The number of benzene rings is 1. The highest BCUT2D eigenvalue weighted by atomic mass is 19.3. The molecule has 2 aromatic heterocycles. The zero-order valence-electron chi connectivity index (χ0n) is 11.9. The molecular formula is C14H11F3N6. The van der Waals surface area contributed by atoms with Crippen molar-refractivity contribution in [1.82, 2.24) is 14.6 Å². The van der Waals surface area contributed by atoms with Crippen LogP contribution in [0.15, 0.2) is 29.5 Å².